The fourth-order valence-electron chi connectivity index (χ4n) is 1.13. The number of hydrogen-bond acceptors (Lipinski definition) is 1. The average Bonchev–Trinajstić information content (AvgIpc) is 2.66. The highest BCUT2D eigenvalue weighted by Crippen LogP contribution is 2.30. The van der Waals surface area contributed by atoms with Gasteiger partial charge in [-0.3, -0.25) is 0 Å². The lowest BCUT2D eigenvalue weighted by atomic mass is 10.3. The smallest absolute Gasteiger partial charge is 0.119 e. The third-order valence-corrected chi connectivity index (χ3v) is 1.74. The fourth-order valence-corrected chi connectivity index (χ4v) is 1.13. The second-order valence-electron chi connectivity index (χ2n) is 2.54. The molecular weight excluding hydrogens is 124 g/mol. The molecule has 0 amide bonds. The van der Waals surface area contributed by atoms with Gasteiger partial charge in [-0.1, -0.05) is 6.07 Å². The Hall–Kier alpha value is -0.980. The lowest BCUT2D eigenvalue weighted by Crippen LogP contribution is -1.89. The average molecular weight is 134 g/mol. The summed E-state index contributed by atoms with van der Waals surface area (Å²) in [7, 11) is 0. The first kappa shape index (κ1) is 5.78. The lowest BCUT2D eigenvalue weighted by molar-refractivity contribution is 0.340. The van der Waals surface area contributed by atoms with Crippen LogP contribution in [0.5, 0.6) is 5.75 Å². The SMILES string of the molecule is CCOc1ccc2c(c1)C2. The Kier molecular flexibility index (Phi) is 1.16. The summed E-state index contributed by atoms with van der Waals surface area (Å²) in [5.74, 6) is 1.01. The second-order valence-corrected chi connectivity index (χ2v) is 2.54. The van der Waals surface area contributed by atoms with Gasteiger partial charge in [0.2, 0.25) is 0 Å². The third-order valence-electron chi connectivity index (χ3n) is 1.74. The van der Waals surface area contributed by atoms with Crippen molar-refractivity contribution in [3.05, 3.63) is 29.3 Å². The van der Waals surface area contributed by atoms with E-state index in [0.29, 0.717) is 0 Å². The summed E-state index contributed by atoms with van der Waals surface area (Å²) in [5.41, 5.74) is 2.93. The lowest BCUT2D eigenvalue weighted by Gasteiger charge is -1.99. The van der Waals surface area contributed by atoms with E-state index in [2.05, 4.69) is 12.1 Å². The van der Waals surface area contributed by atoms with E-state index < -0.39 is 0 Å². The van der Waals surface area contributed by atoms with Crippen molar-refractivity contribution in [3.63, 3.8) is 0 Å². The highest BCUT2D eigenvalue weighted by Gasteiger charge is 2.15. The van der Waals surface area contributed by atoms with Crippen molar-refractivity contribution < 1.29 is 4.74 Å². The van der Waals surface area contributed by atoms with E-state index in [1.807, 2.05) is 13.0 Å². The summed E-state index contributed by atoms with van der Waals surface area (Å²) in [6.07, 6.45) is 1.17. The van der Waals surface area contributed by atoms with E-state index >= 15 is 0 Å². The van der Waals surface area contributed by atoms with Gasteiger partial charge in [0.25, 0.3) is 0 Å². The van der Waals surface area contributed by atoms with Crippen LogP contribution in [0.15, 0.2) is 18.2 Å². The predicted molar refractivity (Wildman–Crippen MR) is 40.4 cm³/mol. The first-order valence-corrected chi connectivity index (χ1v) is 3.65. The highest BCUT2D eigenvalue weighted by atomic mass is 16.5. The van der Waals surface area contributed by atoms with E-state index in [0.717, 1.165) is 12.4 Å². The Morgan fingerprint density at radius 2 is 2.30 bits per heavy atom. The van der Waals surface area contributed by atoms with Gasteiger partial charge in [0.1, 0.15) is 5.75 Å². The number of hydrogen-bond donors (Lipinski definition) is 0. The van der Waals surface area contributed by atoms with Gasteiger partial charge in [0.15, 0.2) is 0 Å². The van der Waals surface area contributed by atoms with Gasteiger partial charge < -0.3 is 4.74 Å². The number of fused-ring (bicyclic) bond motifs is 1. The number of ether oxygens (including phenoxy) is 1. The van der Waals surface area contributed by atoms with Crippen LogP contribution in [0.25, 0.3) is 0 Å². The van der Waals surface area contributed by atoms with E-state index in [1.165, 1.54) is 17.5 Å². The molecule has 10 heavy (non-hydrogen) atoms. The van der Waals surface area contributed by atoms with Crippen molar-refractivity contribution in [2.45, 2.75) is 13.3 Å². The van der Waals surface area contributed by atoms with E-state index in [1.54, 1.807) is 0 Å². The molecule has 1 heteroatoms. The molecule has 1 aromatic carbocycles. The van der Waals surface area contributed by atoms with Crippen LogP contribution in [0, 0.1) is 0 Å². The third kappa shape index (κ3) is 0.878. The Bertz CT molecular complexity index is 253. The minimum absolute atomic E-state index is 0.763. The first-order valence-electron chi connectivity index (χ1n) is 3.65. The monoisotopic (exact) mass is 134 g/mol. The number of benzene rings is 1. The quantitative estimate of drug-likeness (QED) is 0.610. The molecule has 1 aliphatic rings. The molecule has 0 N–H and O–H groups in total. The second kappa shape index (κ2) is 2.01. The molecule has 0 saturated carbocycles. The summed E-state index contributed by atoms with van der Waals surface area (Å²) in [6.45, 7) is 2.77. The molecular formula is C9H10O. The van der Waals surface area contributed by atoms with Gasteiger partial charge in [-0.05, 0) is 36.6 Å². The van der Waals surface area contributed by atoms with Gasteiger partial charge in [-0.2, -0.15) is 0 Å². The molecule has 0 aromatic heterocycles. The maximum atomic E-state index is 5.32. The van der Waals surface area contributed by atoms with Crippen LogP contribution in [-0.2, 0) is 6.42 Å². The summed E-state index contributed by atoms with van der Waals surface area (Å²) in [6, 6.07) is 6.30. The zero-order chi connectivity index (χ0) is 6.97. The van der Waals surface area contributed by atoms with E-state index in [4.69, 9.17) is 4.74 Å². The molecule has 0 radical (unpaired) electrons. The Balaban J connectivity index is 2.22. The van der Waals surface area contributed by atoms with Crippen molar-refractivity contribution >= 4 is 0 Å². The molecule has 2 rings (SSSR count). The summed E-state index contributed by atoms with van der Waals surface area (Å²) < 4.78 is 5.32. The molecule has 0 aliphatic heterocycles. The van der Waals surface area contributed by atoms with Crippen molar-refractivity contribution in [3.8, 4) is 5.75 Å². The Morgan fingerprint density at radius 1 is 1.40 bits per heavy atom. The van der Waals surface area contributed by atoms with Crippen LogP contribution < -0.4 is 4.74 Å². The van der Waals surface area contributed by atoms with Crippen LogP contribution in [0.3, 0.4) is 0 Å². The van der Waals surface area contributed by atoms with Crippen molar-refractivity contribution in [2.24, 2.45) is 0 Å². The molecule has 1 aliphatic carbocycles. The Labute approximate surface area is 60.6 Å². The molecule has 1 aromatic rings. The van der Waals surface area contributed by atoms with Gasteiger partial charge >= 0.3 is 0 Å². The molecule has 0 unspecified atom stereocenters. The van der Waals surface area contributed by atoms with Crippen molar-refractivity contribution in [1.29, 1.82) is 0 Å². The fraction of sp³-hybridized carbons (Fsp3) is 0.333. The van der Waals surface area contributed by atoms with Crippen LogP contribution >= 0.6 is 0 Å². The largest absolute Gasteiger partial charge is 0.494 e. The zero-order valence-corrected chi connectivity index (χ0v) is 6.05. The minimum Gasteiger partial charge on any atom is -0.494 e. The summed E-state index contributed by atoms with van der Waals surface area (Å²) in [4.78, 5) is 0. The highest BCUT2D eigenvalue weighted by molar-refractivity contribution is 5.49. The van der Waals surface area contributed by atoms with Gasteiger partial charge in [0, 0.05) is 0 Å². The van der Waals surface area contributed by atoms with Gasteiger partial charge in [0.05, 0.1) is 6.61 Å². The topological polar surface area (TPSA) is 9.23 Å². The predicted octanol–water partition coefficient (Wildman–Crippen LogP) is 1.99. The van der Waals surface area contributed by atoms with E-state index in [-0.39, 0.29) is 0 Å². The molecule has 0 heterocycles. The molecule has 52 valence electrons. The number of rotatable bonds is 2. The minimum atomic E-state index is 0.763. The molecule has 1 nitrogen and oxygen atoms in total. The van der Waals surface area contributed by atoms with Crippen LogP contribution in [0.2, 0.25) is 0 Å². The molecule has 0 bridgehead atoms. The van der Waals surface area contributed by atoms with Crippen LogP contribution in [0.1, 0.15) is 18.1 Å². The van der Waals surface area contributed by atoms with Crippen LogP contribution in [-0.4, -0.2) is 6.61 Å². The van der Waals surface area contributed by atoms with Crippen molar-refractivity contribution in [2.75, 3.05) is 6.61 Å². The van der Waals surface area contributed by atoms with Crippen molar-refractivity contribution in [1.82, 2.24) is 0 Å². The Morgan fingerprint density at radius 3 is 3.00 bits per heavy atom. The van der Waals surface area contributed by atoms with E-state index in [9.17, 15) is 0 Å². The molecule has 0 spiro atoms. The molecule has 0 atom stereocenters. The first-order chi connectivity index (χ1) is 4.90. The normalized spacial score (nSPS) is 12.5. The van der Waals surface area contributed by atoms with Gasteiger partial charge in [-0.15, -0.1) is 0 Å². The standard InChI is InChI=1S/C9H10O/c1-2-10-9-4-3-7-5-8(7)6-9/h3-4,6H,2,5H2,1H3. The van der Waals surface area contributed by atoms with Crippen LogP contribution in [0.4, 0.5) is 0 Å². The maximum Gasteiger partial charge on any atom is 0.119 e. The molecule has 0 saturated heterocycles. The molecule has 0 fully saturated rings. The maximum absolute atomic E-state index is 5.32. The zero-order valence-electron chi connectivity index (χ0n) is 6.05. The van der Waals surface area contributed by atoms with Gasteiger partial charge in [-0.25, -0.2) is 0 Å². The summed E-state index contributed by atoms with van der Waals surface area (Å²) >= 11 is 0. The summed E-state index contributed by atoms with van der Waals surface area (Å²) in [5, 5.41) is 0.